The number of hydrogen-bond acceptors (Lipinski definition) is 5. The molecule has 0 atom stereocenters. The second kappa shape index (κ2) is 8.94. The zero-order chi connectivity index (χ0) is 23.7. The Balaban J connectivity index is 1.20. The van der Waals surface area contributed by atoms with Crippen molar-refractivity contribution in [2.75, 3.05) is 32.7 Å². The van der Waals surface area contributed by atoms with E-state index in [-0.39, 0.29) is 13.1 Å². The highest BCUT2D eigenvalue weighted by molar-refractivity contribution is 5.89. The largest absolute Gasteiger partial charge is 0.471 e. The highest BCUT2D eigenvalue weighted by atomic mass is 19.4. The van der Waals surface area contributed by atoms with Crippen LogP contribution < -0.4 is 4.74 Å². The quantitative estimate of drug-likeness (QED) is 0.613. The van der Waals surface area contributed by atoms with Gasteiger partial charge in [0.05, 0.1) is 24.1 Å². The summed E-state index contributed by atoms with van der Waals surface area (Å²) in [5.74, 6) is 0.314. The Kier molecular flexibility index (Phi) is 5.82. The standard InChI is InChI=1S/C24H22F3N5O2/c25-24(26,27)23(33)32-11-9-31(10-12-32)15-22-29-20-6-5-19(13-21(20)30-22)34-18-3-1-16(2-4-18)17-7-8-28-14-17/h1-8,13H,9-12,14-15H2,(H,29,30). The Morgan fingerprint density at radius 3 is 2.44 bits per heavy atom. The molecule has 1 aromatic heterocycles. The molecule has 176 valence electrons. The van der Waals surface area contributed by atoms with Crippen LogP contribution in [0, 0.1) is 0 Å². The number of fused-ring (bicyclic) bond motifs is 1. The predicted molar refractivity (Wildman–Crippen MR) is 122 cm³/mol. The van der Waals surface area contributed by atoms with Crippen LogP contribution in [0.5, 0.6) is 11.5 Å². The van der Waals surface area contributed by atoms with E-state index in [0.29, 0.717) is 43.5 Å². The summed E-state index contributed by atoms with van der Waals surface area (Å²) in [6.07, 6.45) is -1.02. The lowest BCUT2D eigenvalue weighted by molar-refractivity contribution is -0.187. The zero-order valence-electron chi connectivity index (χ0n) is 18.2. The Bertz CT molecular complexity index is 1260. The van der Waals surface area contributed by atoms with Gasteiger partial charge in [-0.25, -0.2) is 4.98 Å². The van der Waals surface area contributed by atoms with Crippen LogP contribution in [-0.4, -0.2) is 70.8 Å². The van der Waals surface area contributed by atoms with Crippen molar-refractivity contribution < 1.29 is 22.7 Å². The smallest absolute Gasteiger partial charge is 0.457 e. The van der Waals surface area contributed by atoms with Crippen molar-refractivity contribution in [3.63, 3.8) is 0 Å². The second-order valence-corrected chi connectivity index (χ2v) is 8.24. The number of allylic oxidation sites excluding steroid dienone is 1. The highest BCUT2D eigenvalue weighted by Gasteiger charge is 2.43. The monoisotopic (exact) mass is 469 g/mol. The first-order chi connectivity index (χ1) is 16.3. The molecular weight excluding hydrogens is 447 g/mol. The van der Waals surface area contributed by atoms with E-state index in [0.717, 1.165) is 21.5 Å². The molecule has 2 aliphatic heterocycles. The van der Waals surface area contributed by atoms with Gasteiger partial charge in [-0.05, 0) is 41.5 Å². The number of carbonyl (C=O) groups is 1. The van der Waals surface area contributed by atoms with E-state index in [9.17, 15) is 18.0 Å². The second-order valence-electron chi connectivity index (χ2n) is 8.24. The number of ether oxygens (including phenoxy) is 1. The van der Waals surface area contributed by atoms with E-state index in [4.69, 9.17) is 4.74 Å². The Hall–Kier alpha value is -3.66. The lowest BCUT2D eigenvalue weighted by Gasteiger charge is -2.34. The topological polar surface area (TPSA) is 73.8 Å². The molecular formula is C24H22F3N5O2. The van der Waals surface area contributed by atoms with Crippen LogP contribution in [-0.2, 0) is 11.3 Å². The van der Waals surface area contributed by atoms with E-state index in [1.54, 1.807) is 0 Å². The minimum absolute atomic E-state index is 0.0413. The summed E-state index contributed by atoms with van der Waals surface area (Å²) in [6.45, 7) is 1.94. The lowest BCUT2D eigenvalue weighted by atomic mass is 10.1. The molecule has 2 aromatic carbocycles. The first kappa shape index (κ1) is 22.1. The molecule has 0 saturated carbocycles. The minimum atomic E-state index is -4.83. The van der Waals surface area contributed by atoms with Gasteiger partial charge in [-0.15, -0.1) is 0 Å². The molecule has 0 spiro atoms. The Morgan fingerprint density at radius 2 is 1.76 bits per heavy atom. The van der Waals surface area contributed by atoms with Crippen LogP contribution in [0.2, 0.25) is 0 Å². The van der Waals surface area contributed by atoms with Crippen molar-refractivity contribution in [3.05, 3.63) is 59.9 Å². The molecule has 7 nitrogen and oxygen atoms in total. The van der Waals surface area contributed by atoms with Gasteiger partial charge in [-0.2, -0.15) is 13.2 Å². The van der Waals surface area contributed by atoms with Gasteiger partial charge in [-0.1, -0.05) is 12.1 Å². The molecule has 1 N–H and O–H groups in total. The number of nitrogens with one attached hydrogen (secondary N) is 1. The SMILES string of the molecule is O=C(N1CCN(Cc2nc3ccc(Oc4ccc(C5=CC=NC5)cc4)cc3[nH]2)CC1)C(F)(F)F. The molecule has 10 heteroatoms. The van der Waals surface area contributed by atoms with Crippen molar-refractivity contribution in [1.29, 1.82) is 0 Å². The molecule has 3 heterocycles. The highest BCUT2D eigenvalue weighted by Crippen LogP contribution is 2.27. The van der Waals surface area contributed by atoms with Crippen LogP contribution in [0.15, 0.2) is 53.5 Å². The van der Waals surface area contributed by atoms with Crippen molar-refractivity contribution in [1.82, 2.24) is 19.8 Å². The molecule has 0 bridgehead atoms. The van der Waals surface area contributed by atoms with Crippen LogP contribution >= 0.6 is 0 Å². The van der Waals surface area contributed by atoms with Crippen molar-refractivity contribution in [2.24, 2.45) is 4.99 Å². The molecule has 34 heavy (non-hydrogen) atoms. The van der Waals surface area contributed by atoms with E-state index < -0.39 is 12.1 Å². The molecule has 3 aromatic rings. The number of rotatable bonds is 5. The molecule has 1 fully saturated rings. The van der Waals surface area contributed by atoms with Gasteiger partial charge in [0.15, 0.2) is 0 Å². The maximum atomic E-state index is 12.6. The summed E-state index contributed by atoms with van der Waals surface area (Å²) in [7, 11) is 0. The van der Waals surface area contributed by atoms with Crippen LogP contribution in [0.25, 0.3) is 16.6 Å². The average Bonchev–Trinajstić information content (AvgIpc) is 3.49. The maximum Gasteiger partial charge on any atom is 0.471 e. The average molecular weight is 469 g/mol. The predicted octanol–water partition coefficient (Wildman–Crippen LogP) is 4.03. The van der Waals surface area contributed by atoms with Crippen molar-refractivity contribution in [2.45, 2.75) is 12.7 Å². The van der Waals surface area contributed by atoms with Gasteiger partial charge in [0, 0.05) is 38.5 Å². The minimum Gasteiger partial charge on any atom is -0.457 e. The van der Waals surface area contributed by atoms with Crippen LogP contribution in [0.1, 0.15) is 11.4 Å². The maximum absolute atomic E-state index is 12.6. The first-order valence-electron chi connectivity index (χ1n) is 10.9. The van der Waals surface area contributed by atoms with Crippen LogP contribution in [0.3, 0.4) is 0 Å². The summed E-state index contributed by atoms with van der Waals surface area (Å²) >= 11 is 0. The van der Waals surface area contributed by atoms with E-state index in [1.165, 1.54) is 5.57 Å². The zero-order valence-corrected chi connectivity index (χ0v) is 18.2. The number of aromatic nitrogens is 2. The number of nitrogens with zero attached hydrogens (tertiary/aromatic N) is 4. The summed E-state index contributed by atoms with van der Waals surface area (Å²) in [5.41, 5.74) is 3.87. The lowest BCUT2D eigenvalue weighted by Crippen LogP contribution is -2.52. The summed E-state index contributed by atoms with van der Waals surface area (Å²) < 4.78 is 43.8. The van der Waals surface area contributed by atoms with Gasteiger partial charge >= 0.3 is 12.1 Å². The number of imidazole rings is 1. The number of halogens is 3. The number of hydrogen-bond donors (Lipinski definition) is 1. The number of alkyl halides is 3. The summed E-state index contributed by atoms with van der Waals surface area (Å²) in [5, 5.41) is 0. The molecule has 1 amide bonds. The number of aromatic amines is 1. The van der Waals surface area contributed by atoms with Gasteiger partial charge in [0.2, 0.25) is 0 Å². The molecule has 2 aliphatic rings. The Morgan fingerprint density at radius 1 is 1.03 bits per heavy atom. The molecule has 5 rings (SSSR count). The van der Waals surface area contributed by atoms with E-state index in [2.05, 4.69) is 15.0 Å². The molecule has 0 radical (unpaired) electrons. The number of piperazine rings is 1. The number of aliphatic imine (C=N–C) groups is 1. The number of carbonyl (C=O) groups excluding carboxylic acids is 1. The van der Waals surface area contributed by atoms with Gasteiger partial charge in [0.1, 0.15) is 17.3 Å². The fourth-order valence-electron chi connectivity index (χ4n) is 4.09. The number of benzene rings is 2. The van der Waals surface area contributed by atoms with Crippen molar-refractivity contribution >= 4 is 28.7 Å². The fourth-order valence-corrected chi connectivity index (χ4v) is 4.09. The summed E-state index contributed by atoms with van der Waals surface area (Å²) in [4.78, 5) is 26.2. The third-order valence-electron chi connectivity index (χ3n) is 5.88. The molecule has 0 aliphatic carbocycles. The normalized spacial score (nSPS) is 16.8. The molecule has 0 unspecified atom stereocenters. The molecule has 1 saturated heterocycles. The van der Waals surface area contributed by atoms with Crippen molar-refractivity contribution in [3.8, 4) is 11.5 Å². The van der Waals surface area contributed by atoms with E-state index in [1.807, 2.05) is 59.7 Å². The first-order valence-corrected chi connectivity index (χ1v) is 10.9. The van der Waals surface area contributed by atoms with E-state index >= 15 is 0 Å². The summed E-state index contributed by atoms with van der Waals surface area (Å²) in [6, 6.07) is 13.4. The van der Waals surface area contributed by atoms with Gasteiger partial charge < -0.3 is 14.6 Å². The van der Waals surface area contributed by atoms with Gasteiger partial charge in [0.25, 0.3) is 0 Å². The van der Waals surface area contributed by atoms with Crippen LogP contribution in [0.4, 0.5) is 13.2 Å². The fraction of sp³-hybridized carbons (Fsp3) is 0.292. The third-order valence-corrected chi connectivity index (χ3v) is 5.88. The van der Waals surface area contributed by atoms with Gasteiger partial charge in [-0.3, -0.25) is 14.7 Å². The Labute approximate surface area is 193 Å². The third kappa shape index (κ3) is 4.81. The number of amides is 1. The number of H-pyrrole nitrogens is 1.